The summed E-state index contributed by atoms with van der Waals surface area (Å²) in [6, 6.07) is 0. The number of methoxy groups -OCH3 is 1. The van der Waals surface area contributed by atoms with E-state index in [2.05, 4.69) is 4.74 Å². The minimum absolute atomic E-state index is 0.0758. The van der Waals surface area contributed by atoms with Gasteiger partial charge in [0.15, 0.2) is 5.60 Å². The lowest BCUT2D eigenvalue weighted by Gasteiger charge is -2.26. The van der Waals surface area contributed by atoms with E-state index in [4.69, 9.17) is 44.3 Å². The summed E-state index contributed by atoms with van der Waals surface area (Å²) in [5, 5.41) is 9.96. The second-order valence-electron chi connectivity index (χ2n) is 6.07. The smallest absolute Gasteiger partial charge is 0.463 e. The highest BCUT2D eigenvalue weighted by Gasteiger charge is 2.44. The van der Waals surface area contributed by atoms with E-state index in [0.717, 1.165) is 0 Å². The summed E-state index contributed by atoms with van der Waals surface area (Å²) in [7, 11) is 1.17. The van der Waals surface area contributed by atoms with Gasteiger partial charge < -0.3 is 19.3 Å². The fourth-order valence-corrected chi connectivity index (χ4v) is 4.02. The Balaban J connectivity index is 2.12. The van der Waals surface area contributed by atoms with Crippen LogP contribution in [0.2, 0.25) is 0 Å². The Morgan fingerprint density at radius 3 is 2.32 bits per heavy atom. The topological polar surface area (TPSA) is 82.1 Å². The number of esters is 1. The van der Waals surface area contributed by atoms with Crippen LogP contribution >= 0.6 is 34.8 Å². The van der Waals surface area contributed by atoms with Gasteiger partial charge in [-0.05, 0) is 24.3 Å². The van der Waals surface area contributed by atoms with Gasteiger partial charge in [-0.2, -0.15) is 0 Å². The third-order valence-electron chi connectivity index (χ3n) is 4.43. The fraction of sp³-hybridized carbons (Fsp3) is 0.625. The van der Waals surface area contributed by atoms with E-state index >= 15 is 0 Å². The Morgan fingerprint density at radius 1 is 1.24 bits per heavy atom. The number of halogens is 3. The number of rotatable bonds is 7. The molecule has 0 saturated heterocycles. The van der Waals surface area contributed by atoms with E-state index in [1.54, 1.807) is 0 Å². The number of aliphatic hydroxyl groups excluding tert-OH is 1. The van der Waals surface area contributed by atoms with Crippen molar-refractivity contribution in [1.82, 2.24) is 0 Å². The van der Waals surface area contributed by atoms with Crippen molar-refractivity contribution >= 4 is 46.9 Å². The number of allylic oxidation sites excluding steroid dienone is 2. The maximum absolute atomic E-state index is 12.0. The van der Waals surface area contributed by atoms with Gasteiger partial charge in [-0.15, -0.1) is 34.8 Å². The lowest BCUT2D eigenvalue weighted by Crippen LogP contribution is -2.41. The Morgan fingerprint density at radius 2 is 1.88 bits per heavy atom. The Hall–Kier alpha value is -0.950. The number of carbonyl (C=O) groups is 2. The highest BCUT2D eigenvalue weighted by Crippen LogP contribution is 2.45. The van der Waals surface area contributed by atoms with Crippen molar-refractivity contribution in [3.05, 3.63) is 24.0 Å². The molecule has 0 radical (unpaired) electrons. The molecule has 0 aromatic rings. The van der Waals surface area contributed by atoms with Crippen molar-refractivity contribution in [2.75, 3.05) is 24.7 Å². The zero-order valence-electron chi connectivity index (χ0n) is 13.5. The number of hydrogen-bond donors (Lipinski definition) is 1. The molecule has 25 heavy (non-hydrogen) atoms. The van der Waals surface area contributed by atoms with E-state index in [-0.39, 0.29) is 41.2 Å². The molecule has 1 N–H and O–H groups in total. The van der Waals surface area contributed by atoms with Gasteiger partial charge in [0.2, 0.25) is 5.76 Å². The summed E-state index contributed by atoms with van der Waals surface area (Å²) in [5.74, 6) is -1.73. The zero-order chi connectivity index (χ0) is 18.6. The molecule has 0 amide bonds. The van der Waals surface area contributed by atoms with Gasteiger partial charge >= 0.3 is 12.1 Å². The Kier molecular flexibility index (Phi) is 7.02. The molecule has 6 nitrogen and oxygen atoms in total. The lowest BCUT2D eigenvalue weighted by molar-refractivity contribution is -0.140. The molecule has 2 aliphatic carbocycles. The third kappa shape index (κ3) is 4.42. The SMILES string of the molecule is COC(=O)/C(=C\[C@@H]1[C@H]2C=C[C@@H]1C[C@@H]2O)OC(=O)OC(CCl)(CCl)CCl. The summed E-state index contributed by atoms with van der Waals surface area (Å²) in [6.45, 7) is 0. The quantitative estimate of drug-likeness (QED) is 0.227. The third-order valence-corrected chi connectivity index (χ3v) is 5.89. The molecule has 140 valence electrons. The minimum Gasteiger partial charge on any atom is -0.463 e. The number of carbonyl (C=O) groups excluding carboxylic acids is 2. The maximum atomic E-state index is 12.0. The van der Waals surface area contributed by atoms with Crippen LogP contribution in [0.5, 0.6) is 0 Å². The summed E-state index contributed by atoms with van der Waals surface area (Å²) in [5.41, 5.74) is -1.30. The van der Waals surface area contributed by atoms with Crippen molar-refractivity contribution in [2.45, 2.75) is 18.1 Å². The van der Waals surface area contributed by atoms with Crippen LogP contribution in [0.1, 0.15) is 6.42 Å². The van der Waals surface area contributed by atoms with Crippen molar-refractivity contribution in [1.29, 1.82) is 0 Å². The normalized spacial score (nSPS) is 28.1. The van der Waals surface area contributed by atoms with Crippen LogP contribution in [0.15, 0.2) is 24.0 Å². The van der Waals surface area contributed by atoms with Gasteiger partial charge in [0, 0.05) is 5.92 Å². The second kappa shape index (κ2) is 8.62. The van der Waals surface area contributed by atoms with Gasteiger partial charge in [0.05, 0.1) is 30.9 Å². The van der Waals surface area contributed by atoms with Gasteiger partial charge in [-0.3, -0.25) is 0 Å². The van der Waals surface area contributed by atoms with Crippen molar-refractivity contribution < 1.29 is 28.9 Å². The highest BCUT2D eigenvalue weighted by atomic mass is 35.5. The number of aliphatic hydroxyl groups is 1. The van der Waals surface area contributed by atoms with E-state index in [1.165, 1.54) is 13.2 Å². The van der Waals surface area contributed by atoms with Gasteiger partial charge in [-0.25, -0.2) is 9.59 Å². The highest BCUT2D eigenvalue weighted by molar-refractivity contribution is 6.25. The first kappa shape index (κ1) is 20.4. The summed E-state index contributed by atoms with van der Waals surface area (Å²) >= 11 is 17.3. The van der Waals surface area contributed by atoms with E-state index < -0.39 is 23.8 Å². The largest absolute Gasteiger partial charge is 0.514 e. The van der Waals surface area contributed by atoms with E-state index in [0.29, 0.717) is 6.42 Å². The van der Waals surface area contributed by atoms with Crippen LogP contribution in [-0.2, 0) is 19.0 Å². The average Bonchev–Trinajstić information content (AvgIpc) is 3.14. The van der Waals surface area contributed by atoms with Crippen LogP contribution in [0.4, 0.5) is 4.79 Å². The molecule has 0 aliphatic heterocycles. The predicted octanol–water partition coefficient (Wildman–Crippen LogP) is 2.83. The molecule has 0 aromatic carbocycles. The fourth-order valence-electron chi connectivity index (χ4n) is 3.00. The lowest BCUT2D eigenvalue weighted by atomic mass is 9.95. The van der Waals surface area contributed by atoms with Crippen molar-refractivity contribution in [3.8, 4) is 0 Å². The number of alkyl halides is 3. The molecular formula is C16H19Cl3O6. The summed E-state index contributed by atoms with van der Waals surface area (Å²) in [4.78, 5) is 24.0. The van der Waals surface area contributed by atoms with Crippen molar-refractivity contribution in [3.63, 3.8) is 0 Å². The summed E-state index contributed by atoms with van der Waals surface area (Å²) in [6.07, 6.45) is 4.31. The molecule has 2 bridgehead atoms. The predicted molar refractivity (Wildman–Crippen MR) is 92.8 cm³/mol. The van der Waals surface area contributed by atoms with E-state index in [1.807, 2.05) is 12.2 Å². The second-order valence-corrected chi connectivity index (χ2v) is 6.87. The molecular weight excluding hydrogens is 395 g/mol. The minimum atomic E-state index is -1.30. The molecule has 0 aromatic heterocycles. The van der Waals surface area contributed by atoms with Gasteiger partial charge in [0.25, 0.3) is 0 Å². The number of fused-ring (bicyclic) bond motifs is 2. The van der Waals surface area contributed by atoms with Gasteiger partial charge in [0.1, 0.15) is 0 Å². The molecule has 9 heteroatoms. The zero-order valence-corrected chi connectivity index (χ0v) is 15.8. The van der Waals surface area contributed by atoms with Crippen LogP contribution in [0.25, 0.3) is 0 Å². The Labute approximate surface area is 160 Å². The van der Waals surface area contributed by atoms with Crippen LogP contribution in [0, 0.1) is 17.8 Å². The maximum Gasteiger partial charge on any atom is 0.514 e. The first-order valence-electron chi connectivity index (χ1n) is 7.65. The molecule has 2 rings (SSSR count). The molecule has 1 saturated carbocycles. The number of ether oxygens (including phenoxy) is 3. The molecule has 4 atom stereocenters. The first-order valence-corrected chi connectivity index (χ1v) is 9.25. The van der Waals surface area contributed by atoms with E-state index in [9.17, 15) is 14.7 Å². The number of hydrogen-bond acceptors (Lipinski definition) is 6. The molecule has 0 heterocycles. The summed E-state index contributed by atoms with van der Waals surface area (Å²) < 4.78 is 14.8. The molecule has 2 aliphatic rings. The van der Waals surface area contributed by atoms with Crippen LogP contribution < -0.4 is 0 Å². The standard InChI is InChI=1S/C16H19Cl3O6/c1-23-14(21)13(5-11-9-2-3-10(11)12(20)4-9)24-15(22)25-16(6-17,7-18)8-19/h2-3,5,9-12,20H,4,6-8H2,1H3/b13-5+/t9-,10-,11+,12+/m1/s1. The molecule has 0 spiro atoms. The first-order chi connectivity index (χ1) is 11.9. The van der Waals surface area contributed by atoms with Crippen molar-refractivity contribution in [2.24, 2.45) is 17.8 Å². The molecule has 0 unspecified atom stereocenters. The molecule has 1 fully saturated rings. The van der Waals surface area contributed by atoms with Crippen LogP contribution in [-0.4, -0.2) is 53.7 Å². The monoisotopic (exact) mass is 412 g/mol. The Bertz CT molecular complexity index is 564. The average molecular weight is 414 g/mol. The van der Waals surface area contributed by atoms with Gasteiger partial charge in [-0.1, -0.05) is 12.2 Å². The van der Waals surface area contributed by atoms with Crippen LogP contribution in [0.3, 0.4) is 0 Å².